The van der Waals surface area contributed by atoms with Crippen molar-refractivity contribution in [2.45, 2.75) is 4.90 Å². The third kappa shape index (κ3) is 3.52. The summed E-state index contributed by atoms with van der Waals surface area (Å²) in [5.74, 6) is 0. The molecule has 0 heterocycles. The van der Waals surface area contributed by atoms with Crippen molar-refractivity contribution in [1.29, 1.82) is 0 Å². The van der Waals surface area contributed by atoms with Crippen LogP contribution < -0.4 is 10.5 Å². The molecule has 0 aliphatic carbocycles. The molecule has 2 aromatic rings. The molecule has 0 aliphatic heterocycles. The number of hydrogen-bond acceptors (Lipinski definition) is 3. The van der Waals surface area contributed by atoms with Crippen molar-refractivity contribution in [2.24, 2.45) is 0 Å². The van der Waals surface area contributed by atoms with Gasteiger partial charge < -0.3 is 5.73 Å². The molecule has 0 amide bonds. The minimum absolute atomic E-state index is 0.0288. The summed E-state index contributed by atoms with van der Waals surface area (Å²) < 4.78 is 27.9. The molecule has 4 nitrogen and oxygen atoms in total. The van der Waals surface area contributed by atoms with Crippen molar-refractivity contribution in [2.75, 3.05) is 10.5 Å². The molecule has 0 radical (unpaired) electrons. The van der Waals surface area contributed by atoms with Crippen LogP contribution >= 0.6 is 34.2 Å². The molecule has 2 rings (SSSR count). The van der Waals surface area contributed by atoms with Gasteiger partial charge in [0.2, 0.25) is 0 Å². The predicted octanol–water partition coefficient (Wildman–Crippen LogP) is 3.33. The van der Waals surface area contributed by atoms with Crippen molar-refractivity contribution in [3.63, 3.8) is 0 Å². The van der Waals surface area contributed by atoms with Crippen LogP contribution in [0, 0.1) is 3.57 Å². The topological polar surface area (TPSA) is 72.2 Å². The number of anilines is 2. The summed E-state index contributed by atoms with van der Waals surface area (Å²) in [5.41, 5.74) is 6.31. The zero-order valence-corrected chi connectivity index (χ0v) is 13.3. The molecular formula is C12H10ClIN2O2S. The quantitative estimate of drug-likeness (QED) is 0.604. The minimum atomic E-state index is -3.75. The molecule has 0 aliphatic rings. The lowest BCUT2D eigenvalue weighted by molar-refractivity contribution is 0.601. The van der Waals surface area contributed by atoms with Crippen LogP contribution in [0.3, 0.4) is 0 Å². The molecule has 0 spiro atoms. The fraction of sp³-hybridized carbons (Fsp3) is 0. The lowest BCUT2D eigenvalue weighted by atomic mass is 10.3. The fourth-order valence-corrected chi connectivity index (χ4v) is 3.49. The largest absolute Gasteiger partial charge is 0.398 e. The SMILES string of the molecule is Nc1ccc(Cl)cc1S(=O)(=O)Nc1cccc(I)c1. The van der Waals surface area contributed by atoms with Crippen LogP contribution in [0.15, 0.2) is 47.4 Å². The van der Waals surface area contributed by atoms with Crippen molar-refractivity contribution in [1.82, 2.24) is 0 Å². The first kappa shape index (κ1) is 14.4. The zero-order valence-electron chi connectivity index (χ0n) is 9.60. The van der Waals surface area contributed by atoms with E-state index in [0.29, 0.717) is 10.7 Å². The van der Waals surface area contributed by atoms with Crippen LogP contribution in [0.2, 0.25) is 5.02 Å². The molecule has 0 fully saturated rings. The second-order valence-corrected chi connectivity index (χ2v) is 7.13. The lowest BCUT2D eigenvalue weighted by Gasteiger charge is -2.10. The molecule has 0 aromatic heterocycles. The number of benzene rings is 2. The Balaban J connectivity index is 2.40. The molecule has 19 heavy (non-hydrogen) atoms. The molecule has 3 N–H and O–H groups in total. The van der Waals surface area contributed by atoms with Gasteiger partial charge >= 0.3 is 0 Å². The number of rotatable bonds is 3. The van der Waals surface area contributed by atoms with E-state index in [2.05, 4.69) is 27.3 Å². The highest BCUT2D eigenvalue weighted by Gasteiger charge is 2.18. The first-order valence-electron chi connectivity index (χ1n) is 5.22. The first-order valence-corrected chi connectivity index (χ1v) is 8.16. The van der Waals surface area contributed by atoms with Gasteiger partial charge in [0.15, 0.2) is 0 Å². The van der Waals surface area contributed by atoms with Crippen LogP contribution in [0.4, 0.5) is 11.4 Å². The van der Waals surface area contributed by atoms with Crippen molar-refractivity contribution < 1.29 is 8.42 Å². The third-order valence-electron chi connectivity index (χ3n) is 2.34. The maximum absolute atomic E-state index is 12.2. The Labute approximate surface area is 130 Å². The van der Waals surface area contributed by atoms with E-state index in [0.717, 1.165) is 3.57 Å². The monoisotopic (exact) mass is 408 g/mol. The van der Waals surface area contributed by atoms with Gasteiger partial charge in [-0.3, -0.25) is 4.72 Å². The van der Waals surface area contributed by atoms with E-state index >= 15 is 0 Å². The highest BCUT2D eigenvalue weighted by atomic mass is 127. The summed E-state index contributed by atoms with van der Waals surface area (Å²) in [6.45, 7) is 0. The summed E-state index contributed by atoms with van der Waals surface area (Å²) in [5, 5.41) is 0.317. The van der Waals surface area contributed by atoms with E-state index in [1.807, 2.05) is 6.07 Å². The standard InChI is InChI=1S/C12H10ClIN2O2S/c13-8-4-5-11(15)12(6-8)19(17,18)16-10-3-1-2-9(14)7-10/h1-7,16H,15H2. The van der Waals surface area contributed by atoms with E-state index in [9.17, 15) is 8.42 Å². The smallest absolute Gasteiger partial charge is 0.263 e. The zero-order chi connectivity index (χ0) is 14.0. The predicted molar refractivity (Wildman–Crippen MR) is 85.8 cm³/mol. The highest BCUT2D eigenvalue weighted by molar-refractivity contribution is 14.1. The van der Waals surface area contributed by atoms with E-state index in [-0.39, 0.29) is 10.6 Å². The number of sulfonamides is 1. The van der Waals surface area contributed by atoms with Crippen LogP contribution in [-0.4, -0.2) is 8.42 Å². The fourth-order valence-electron chi connectivity index (χ4n) is 1.50. The minimum Gasteiger partial charge on any atom is -0.398 e. The molecule has 0 unspecified atom stereocenters. The third-order valence-corrected chi connectivity index (χ3v) is 4.69. The maximum Gasteiger partial charge on any atom is 0.263 e. The Kier molecular flexibility index (Phi) is 4.22. The Morgan fingerprint density at radius 2 is 1.89 bits per heavy atom. The lowest BCUT2D eigenvalue weighted by Crippen LogP contribution is -2.14. The highest BCUT2D eigenvalue weighted by Crippen LogP contribution is 2.25. The van der Waals surface area contributed by atoms with Crippen LogP contribution in [0.1, 0.15) is 0 Å². The van der Waals surface area contributed by atoms with Gasteiger partial charge in [-0.05, 0) is 59.0 Å². The Morgan fingerprint density at radius 1 is 1.16 bits per heavy atom. The Morgan fingerprint density at radius 3 is 2.58 bits per heavy atom. The molecule has 0 saturated heterocycles. The van der Waals surface area contributed by atoms with Crippen molar-refractivity contribution >= 4 is 55.6 Å². The molecule has 2 aromatic carbocycles. The van der Waals surface area contributed by atoms with Crippen LogP contribution in [0.25, 0.3) is 0 Å². The molecule has 0 atom stereocenters. The second kappa shape index (κ2) is 5.56. The number of halogens is 2. The Hall–Kier alpha value is -0.990. The van der Waals surface area contributed by atoms with Gasteiger partial charge in [-0.1, -0.05) is 17.7 Å². The average Bonchev–Trinajstić information content (AvgIpc) is 2.31. The van der Waals surface area contributed by atoms with Gasteiger partial charge in [0.1, 0.15) is 4.90 Å². The molecule has 7 heteroatoms. The summed E-state index contributed by atoms with van der Waals surface area (Å²) >= 11 is 7.91. The normalized spacial score (nSPS) is 11.3. The maximum atomic E-state index is 12.2. The van der Waals surface area contributed by atoms with Gasteiger partial charge in [-0.2, -0.15) is 0 Å². The number of nitrogen functional groups attached to an aromatic ring is 1. The van der Waals surface area contributed by atoms with Gasteiger partial charge in [0.25, 0.3) is 10.0 Å². The summed E-state index contributed by atoms with van der Waals surface area (Å²) in [7, 11) is -3.75. The second-order valence-electron chi connectivity index (χ2n) is 3.80. The number of nitrogens with two attached hydrogens (primary N) is 1. The van der Waals surface area contributed by atoms with E-state index in [4.69, 9.17) is 17.3 Å². The molecule has 0 bridgehead atoms. The van der Waals surface area contributed by atoms with Gasteiger partial charge in [-0.15, -0.1) is 0 Å². The summed E-state index contributed by atoms with van der Waals surface area (Å²) in [6.07, 6.45) is 0. The van der Waals surface area contributed by atoms with E-state index in [1.54, 1.807) is 24.3 Å². The van der Waals surface area contributed by atoms with Crippen molar-refractivity contribution in [3.8, 4) is 0 Å². The van der Waals surface area contributed by atoms with Gasteiger partial charge in [0.05, 0.1) is 5.69 Å². The van der Waals surface area contributed by atoms with Crippen LogP contribution in [0.5, 0.6) is 0 Å². The average molecular weight is 409 g/mol. The van der Waals surface area contributed by atoms with Gasteiger partial charge in [-0.25, -0.2) is 8.42 Å². The molecule has 100 valence electrons. The van der Waals surface area contributed by atoms with E-state index in [1.165, 1.54) is 12.1 Å². The molecular weight excluding hydrogens is 399 g/mol. The van der Waals surface area contributed by atoms with Crippen LogP contribution in [-0.2, 0) is 10.0 Å². The Bertz CT molecular complexity index is 719. The van der Waals surface area contributed by atoms with Crippen molar-refractivity contribution in [3.05, 3.63) is 51.1 Å². The first-order chi connectivity index (χ1) is 8.88. The summed E-state index contributed by atoms with van der Waals surface area (Å²) in [6, 6.07) is 11.4. The summed E-state index contributed by atoms with van der Waals surface area (Å²) in [4.78, 5) is -0.0288. The number of nitrogens with one attached hydrogen (secondary N) is 1. The molecule has 0 saturated carbocycles. The van der Waals surface area contributed by atoms with Gasteiger partial charge in [0, 0.05) is 14.3 Å². The van der Waals surface area contributed by atoms with E-state index < -0.39 is 10.0 Å². The number of hydrogen-bond donors (Lipinski definition) is 2.